The Kier molecular flexibility index (Phi) is 5.78. The van der Waals surface area contributed by atoms with Gasteiger partial charge in [0.1, 0.15) is 24.7 Å². The van der Waals surface area contributed by atoms with Gasteiger partial charge < -0.3 is 13.9 Å². The fourth-order valence-corrected chi connectivity index (χ4v) is 1.24. The van der Waals surface area contributed by atoms with E-state index in [9.17, 15) is 14.4 Å². The van der Waals surface area contributed by atoms with Crippen molar-refractivity contribution >= 4 is 11.9 Å². The molecule has 0 fully saturated rings. The lowest BCUT2D eigenvalue weighted by atomic mass is 10.3. The van der Waals surface area contributed by atoms with Crippen molar-refractivity contribution in [1.82, 2.24) is 0 Å². The van der Waals surface area contributed by atoms with E-state index in [2.05, 4.69) is 0 Å². The first-order chi connectivity index (χ1) is 9.05. The van der Waals surface area contributed by atoms with Crippen LogP contribution in [-0.4, -0.2) is 11.9 Å². The summed E-state index contributed by atoms with van der Waals surface area (Å²) in [5, 5.41) is 0. The number of esters is 2. The first-order valence-electron chi connectivity index (χ1n) is 5.99. The van der Waals surface area contributed by atoms with Gasteiger partial charge in [-0.2, -0.15) is 0 Å². The molecule has 1 heterocycles. The van der Waals surface area contributed by atoms with Crippen LogP contribution in [0.5, 0.6) is 0 Å². The molecule has 0 bridgehead atoms. The molecule has 1 aromatic rings. The maximum Gasteiger partial charge on any atom is 0.305 e. The van der Waals surface area contributed by atoms with E-state index in [1.807, 2.05) is 0 Å². The normalized spacial score (nSPS) is 10.0. The van der Waals surface area contributed by atoms with Crippen molar-refractivity contribution in [3.8, 4) is 0 Å². The molecule has 6 nitrogen and oxygen atoms in total. The lowest BCUT2D eigenvalue weighted by Gasteiger charge is -2.06. The molecular formula is C13H16O6. The molecule has 0 atom stereocenters. The number of carbonyl (C=O) groups is 2. The smallest absolute Gasteiger partial charge is 0.305 e. The SMILES string of the molecule is CCC(=O)OCc1cc(=O)cc(COC(=O)CC)o1. The number of ether oxygens (including phenoxy) is 2. The number of hydrogen-bond acceptors (Lipinski definition) is 6. The molecule has 0 amide bonds. The predicted octanol–water partition coefficient (Wildman–Crippen LogP) is 1.55. The van der Waals surface area contributed by atoms with Crippen molar-refractivity contribution in [3.05, 3.63) is 33.9 Å². The minimum absolute atomic E-state index is 0.114. The summed E-state index contributed by atoms with van der Waals surface area (Å²) in [5.74, 6) is -0.329. The molecule has 0 saturated carbocycles. The average molecular weight is 268 g/mol. The molecule has 104 valence electrons. The largest absolute Gasteiger partial charge is 0.459 e. The van der Waals surface area contributed by atoms with E-state index < -0.39 is 0 Å². The van der Waals surface area contributed by atoms with Crippen LogP contribution in [0.2, 0.25) is 0 Å². The zero-order valence-electron chi connectivity index (χ0n) is 10.9. The van der Waals surface area contributed by atoms with Crippen molar-refractivity contribution in [1.29, 1.82) is 0 Å². The Morgan fingerprint density at radius 3 is 1.79 bits per heavy atom. The molecule has 0 saturated heterocycles. The van der Waals surface area contributed by atoms with Gasteiger partial charge in [-0.05, 0) is 0 Å². The van der Waals surface area contributed by atoms with Gasteiger partial charge in [0.25, 0.3) is 0 Å². The van der Waals surface area contributed by atoms with E-state index in [4.69, 9.17) is 13.9 Å². The summed E-state index contributed by atoms with van der Waals surface area (Å²) in [6.07, 6.45) is 0.496. The van der Waals surface area contributed by atoms with Gasteiger partial charge >= 0.3 is 11.9 Å². The van der Waals surface area contributed by atoms with E-state index in [0.717, 1.165) is 0 Å². The number of carbonyl (C=O) groups excluding carboxylic acids is 2. The highest BCUT2D eigenvalue weighted by Crippen LogP contribution is 2.06. The third-order valence-corrected chi connectivity index (χ3v) is 2.20. The Morgan fingerprint density at radius 2 is 1.42 bits per heavy atom. The molecule has 0 aromatic carbocycles. The van der Waals surface area contributed by atoms with Crippen molar-refractivity contribution in [3.63, 3.8) is 0 Å². The molecule has 6 heteroatoms. The fourth-order valence-electron chi connectivity index (χ4n) is 1.24. The Bertz CT molecular complexity index is 461. The molecule has 0 aliphatic carbocycles. The Morgan fingerprint density at radius 1 is 1.00 bits per heavy atom. The highest BCUT2D eigenvalue weighted by Gasteiger charge is 2.07. The molecule has 0 spiro atoms. The highest BCUT2D eigenvalue weighted by molar-refractivity contribution is 5.69. The van der Waals surface area contributed by atoms with Crippen molar-refractivity contribution in [2.75, 3.05) is 0 Å². The van der Waals surface area contributed by atoms with E-state index in [1.54, 1.807) is 13.8 Å². The van der Waals surface area contributed by atoms with Gasteiger partial charge in [-0.25, -0.2) is 0 Å². The van der Waals surface area contributed by atoms with Crippen molar-refractivity contribution in [2.24, 2.45) is 0 Å². The van der Waals surface area contributed by atoms with Crippen LogP contribution in [0.25, 0.3) is 0 Å². The monoisotopic (exact) mass is 268 g/mol. The lowest BCUT2D eigenvalue weighted by molar-refractivity contribution is -0.145. The summed E-state index contributed by atoms with van der Waals surface area (Å²) in [6, 6.07) is 2.46. The summed E-state index contributed by atoms with van der Waals surface area (Å²) >= 11 is 0. The maximum atomic E-state index is 11.4. The second kappa shape index (κ2) is 7.35. The minimum Gasteiger partial charge on any atom is -0.459 e. The van der Waals surface area contributed by atoms with E-state index in [0.29, 0.717) is 0 Å². The van der Waals surface area contributed by atoms with Crippen molar-refractivity contribution < 1.29 is 23.5 Å². The van der Waals surface area contributed by atoms with Gasteiger partial charge in [-0.15, -0.1) is 0 Å². The summed E-state index contributed by atoms with van der Waals surface area (Å²) in [5.41, 5.74) is -0.295. The van der Waals surface area contributed by atoms with Gasteiger partial charge in [0.2, 0.25) is 0 Å². The Labute approximate surface area is 110 Å². The fraction of sp³-hybridized carbons (Fsp3) is 0.462. The first kappa shape index (κ1) is 14.9. The Balaban J connectivity index is 2.68. The molecule has 0 radical (unpaired) electrons. The number of rotatable bonds is 6. The van der Waals surface area contributed by atoms with Gasteiger partial charge in [0.15, 0.2) is 5.43 Å². The van der Waals surface area contributed by atoms with Crippen LogP contribution >= 0.6 is 0 Å². The molecule has 0 unspecified atom stereocenters. The van der Waals surface area contributed by atoms with E-state index in [1.165, 1.54) is 12.1 Å². The third kappa shape index (κ3) is 5.37. The molecule has 0 aliphatic heterocycles. The topological polar surface area (TPSA) is 82.8 Å². The molecular weight excluding hydrogens is 252 g/mol. The van der Waals surface area contributed by atoms with Crippen LogP contribution in [0, 0.1) is 0 Å². The average Bonchev–Trinajstić information content (AvgIpc) is 2.41. The maximum absolute atomic E-state index is 11.4. The number of hydrogen-bond donors (Lipinski definition) is 0. The van der Waals surface area contributed by atoms with Gasteiger partial charge in [0, 0.05) is 25.0 Å². The second-order valence-electron chi connectivity index (χ2n) is 3.75. The van der Waals surface area contributed by atoms with Crippen LogP contribution < -0.4 is 5.43 Å². The lowest BCUT2D eigenvalue weighted by Crippen LogP contribution is -2.09. The molecule has 1 rings (SSSR count). The molecule has 0 N–H and O–H groups in total. The molecule has 19 heavy (non-hydrogen) atoms. The van der Waals surface area contributed by atoms with Crippen LogP contribution in [0.3, 0.4) is 0 Å². The predicted molar refractivity (Wildman–Crippen MR) is 65.2 cm³/mol. The summed E-state index contributed by atoms with van der Waals surface area (Å²) in [6.45, 7) is 3.10. The standard InChI is InChI=1S/C13H16O6/c1-3-12(15)17-7-10-5-9(14)6-11(19-10)8-18-13(16)4-2/h5-6H,3-4,7-8H2,1-2H3. The van der Waals surface area contributed by atoms with Crippen molar-refractivity contribution in [2.45, 2.75) is 39.9 Å². The van der Waals surface area contributed by atoms with E-state index in [-0.39, 0.29) is 54.9 Å². The summed E-state index contributed by atoms with van der Waals surface area (Å²) < 4.78 is 15.0. The second-order valence-corrected chi connectivity index (χ2v) is 3.75. The minimum atomic E-state index is -0.384. The van der Waals surface area contributed by atoms with E-state index >= 15 is 0 Å². The summed E-state index contributed by atoms with van der Waals surface area (Å²) in [4.78, 5) is 33.4. The van der Waals surface area contributed by atoms with Crippen LogP contribution in [0.4, 0.5) is 0 Å². The highest BCUT2D eigenvalue weighted by atomic mass is 16.5. The van der Waals surface area contributed by atoms with Gasteiger partial charge in [0.05, 0.1) is 0 Å². The van der Waals surface area contributed by atoms with Gasteiger partial charge in [-0.3, -0.25) is 14.4 Å². The molecule has 1 aromatic heterocycles. The Hall–Kier alpha value is -2.11. The van der Waals surface area contributed by atoms with Crippen LogP contribution in [-0.2, 0) is 32.3 Å². The molecule has 0 aliphatic rings. The third-order valence-electron chi connectivity index (χ3n) is 2.20. The quantitative estimate of drug-likeness (QED) is 0.728. The zero-order chi connectivity index (χ0) is 14.3. The summed E-state index contributed by atoms with van der Waals surface area (Å²) in [7, 11) is 0. The van der Waals surface area contributed by atoms with Crippen LogP contribution in [0.1, 0.15) is 38.2 Å². The van der Waals surface area contributed by atoms with Gasteiger partial charge in [-0.1, -0.05) is 13.8 Å². The van der Waals surface area contributed by atoms with Crippen LogP contribution in [0.15, 0.2) is 21.3 Å². The zero-order valence-corrected chi connectivity index (χ0v) is 10.9. The first-order valence-corrected chi connectivity index (χ1v) is 5.99.